The average molecular weight is 261 g/mol. The van der Waals surface area contributed by atoms with Crippen molar-refractivity contribution in [2.45, 2.75) is 59.9 Å². The standard InChI is InChI=1S/C18H31N/c1-8-18(6)12-9-10-15(11-13-18)16(2,3)14-17(4,5)19-7/h9-13,19H,8,14H2,1-7H3. The first kappa shape index (κ1) is 16.2. The van der Waals surface area contributed by atoms with E-state index in [2.05, 4.69) is 77.2 Å². The molecule has 0 saturated heterocycles. The quantitative estimate of drug-likeness (QED) is 0.744. The topological polar surface area (TPSA) is 12.0 Å². The van der Waals surface area contributed by atoms with Crippen molar-refractivity contribution in [1.82, 2.24) is 5.32 Å². The van der Waals surface area contributed by atoms with Crippen molar-refractivity contribution < 1.29 is 0 Å². The van der Waals surface area contributed by atoms with Gasteiger partial charge in [-0.1, -0.05) is 58.1 Å². The Morgan fingerprint density at radius 3 is 2.32 bits per heavy atom. The summed E-state index contributed by atoms with van der Waals surface area (Å²) in [7, 11) is 2.04. The fourth-order valence-corrected chi connectivity index (χ4v) is 2.75. The van der Waals surface area contributed by atoms with E-state index in [1.54, 1.807) is 0 Å². The lowest BCUT2D eigenvalue weighted by Crippen LogP contribution is -2.40. The number of hydrogen-bond acceptors (Lipinski definition) is 1. The Morgan fingerprint density at radius 1 is 1.16 bits per heavy atom. The van der Waals surface area contributed by atoms with Gasteiger partial charge in [0.25, 0.3) is 0 Å². The molecule has 0 aromatic rings. The monoisotopic (exact) mass is 261 g/mol. The normalized spacial score (nSPS) is 24.3. The second kappa shape index (κ2) is 5.66. The third-order valence-electron chi connectivity index (χ3n) is 4.50. The summed E-state index contributed by atoms with van der Waals surface area (Å²) in [6, 6.07) is 0. The van der Waals surface area contributed by atoms with Crippen molar-refractivity contribution in [2.75, 3.05) is 7.05 Å². The minimum Gasteiger partial charge on any atom is -0.315 e. The van der Waals surface area contributed by atoms with E-state index in [-0.39, 0.29) is 16.4 Å². The molecule has 1 heteroatoms. The van der Waals surface area contributed by atoms with Crippen LogP contribution in [0.1, 0.15) is 54.4 Å². The van der Waals surface area contributed by atoms with Crippen molar-refractivity contribution in [3.8, 4) is 0 Å². The number of hydrogen-bond donors (Lipinski definition) is 1. The maximum Gasteiger partial charge on any atom is 0.0130 e. The Bertz CT molecular complexity index is 396. The lowest BCUT2D eigenvalue weighted by Gasteiger charge is -2.36. The first-order valence-corrected chi connectivity index (χ1v) is 7.42. The van der Waals surface area contributed by atoms with Crippen molar-refractivity contribution >= 4 is 0 Å². The fraction of sp³-hybridized carbons (Fsp3) is 0.667. The van der Waals surface area contributed by atoms with Gasteiger partial charge in [0.2, 0.25) is 0 Å². The van der Waals surface area contributed by atoms with Crippen LogP contribution in [0.4, 0.5) is 0 Å². The van der Waals surface area contributed by atoms with E-state index >= 15 is 0 Å². The van der Waals surface area contributed by atoms with Crippen LogP contribution in [0.3, 0.4) is 0 Å². The van der Waals surface area contributed by atoms with Gasteiger partial charge in [-0.15, -0.1) is 0 Å². The summed E-state index contributed by atoms with van der Waals surface area (Å²) in [5.74, 6) is 0. The molecule has 1 aliphatic carbocycles. The molecule has 0 spiro atoms. The molecule has 19 heavy (non-hydrogen) atoms. The molecule has 1 N–H and O–H groups in total. The van der Waals surface area contributed by atoms with Crippen LogP contribution >= 0.6 is 0 Å². The summed E-state index contributed by atoms with van der Waals surface area (Å²) < 4.78 is 0. The van der Waals surface area contributed by atoms with E-state index in [0.29, 0.717) is 0 Å². The second-order valence-electron chi connectivity index (χ2n) is 7.37. The summed E-state index contributed by atoms with van der Waals surface area (Å²) in [6.45, 7) is 13.7. The van der Waals surface area contributed by atoms with Gasteiger partial charge in [0.15, 0.2) is 0 Å². The largest absolute Gasteiger partial charge is 0.315 e. The molecule has 0 aromatic carbocycles. The SMILES string of the molecule is CCC1(C)C=CC=C(C(C)(C)CC(C)(C)NC)C=C1. The lowest BCUT2D eigenvalue weighted by atomic mass is 9.74. The highest BCUT2D eigenvalue weighted by atomic mass is 14.9. The van der Waals surface area contributed by atoms with Gasteiger partial charge >= 0.3 is 0 Å². The summed E-state index contributed by atoms with van der Waals surface area (Å²) in [5.41, 5.74) is 1.95. The second-order valence-corrected chi connectivity index (χ2v) is 7.37. The maximum atomic E-state index is 3.41. The third kappa shape index (κ3) is 4.35. The van der Waals surface area contributed by atoms with Gasteiger partial charge < -0.3 is 5.32 Å². The zero-order valence-corrected chi connectivity index (χ0v) is 13.8. The number of rotatable bonds is 5. The van der Waals surface area contributed by atoms with Crippen LogP contribution in [0, 0.1) is 10.8 Å². The maximum absolute atomic E-state index is 3.41. The van der Waals surface area contributed by atoms with Gasteiger partial charge in [-0.2, -0.15) is 0 Å². The van der Waals surface area contributed by atoms with E-state index in [0.717, 1.165) is 12.8 Å². The van der Waals surface area contributed by atoms with Gasteiger partial charge in [0.1, 0.15) is 0 Å². The molecule has 0 amide bonds. The molecule has 0 radical (unpaired) electrons. The van der Waals surface area contributed by atoms with Crippen molar-refractivity contribution in [3.05, 3.63) is 36.0 Å². The van der Waals surface area contributed by atoms with E-state index in [1.807, 2.05) is 7.05 Å². The molecular formula is C18H31N. The first-order chi connectivity index (χ1) is 8.64. The van der Waals surface area contributed by atoms with Crippen molar-refractivity contribution in [3.63, 3.8) is 0 Å². The fourth-order valence-electron chi connectivity index (χ4n) is 2.75. The van der Waals surface area contributed by atoms with Crippen LogP contribution in [0.2, 0.25) is 0 Å². The van der Waals surface area contributed by atoms with Gasteiger partial charge in [-0.05, 0) is 44.7 Å². The van der Waals surface area contributed by atoms with E-state index in [1.165, 1.54) is 5.57 Å². The zero-order valence-electron chi connectivity index (χ0n) is 13.8. The molecule has 0 fully saturated rings. The highest BCUT2D eigenvalue weighted by Gasteiger charge is 2.30. The van der Waals surface area contributed by atoms with E-state index in [4.69, 9.17) is 0 Å². The van der Waals surface area contributed by atoms with E-state index < -0.39 is 0 Å². The molecule has 1 atom stereocenters. The number of nitrogens with one attached hydrogen (secondary N) is 1. The average Bonchev–Trinajstić information content (AvgIpc) is 2.51. The van der Waals surface area contributed by atoms with Crippen LogP contribution in [-0.2, 0) is 0 Å². The molecule has 1 unspecified atom stereocenters. The Kier molecular flexibility index (Phi) is 4.84. The third-order valence-corrected chi connectivity index (χ3v) is 4.50. The van der Waals surface area contributed by atoms with Crippen LogP contribution in [0.25, 0.3) is 0 Å². The zero-order chi connectivity index (χ0) is 14.7. The molecule has 1 aliphatic rings. The van der Waals surface area contributed by atoms with E-state index in [9.17, 15) is 0 Å². The van der Waals surface area contributed by atoms with Crippen LogP contribution in [0.5, 0.6) is 0 Å². The highest BCUT2D eigenvalue weighted by molar-refractivity contribution is 5.35. The molecule has 0 saturated carbocycles. The summed E-state index contributed by atoms with van der Waals surface area (Å²) in [5, 5.41) is 3.41. The molecule has 1 rings (SSSR count). The van der Waals surface area contributed by atoms with Gasteiger partial charge in [0.05, 0.1) is 0 Å². The smallest absolute Gasteiger partial charge is 0.0130 e. The lowest BCUT2D eigenvalue weighted by molar-refractivity contribution is 0.274. The van der Waals surface area contributed by atoms with Crippen LogP contribution in [0.15, 0.2) is 36.0 Å². The summed E-state index contributed by atoms with van der Waals surface area (Å²) in [6.07, 6.45) is 13.8. The molecule has 1 nitrogen and oxygen atoms in total. The Morgan fingerprint density at radius 2 is 1.79 bits per heavy atom. The molecule has 108 valence electrons. The van der Waals surface area contributed by atoms with Gasteiger partial charge in [-0.3, -0.25) is 0 Å². The Hall–Kier alpha value is -0.820. The van der Waals surface area contributed by atoms with Crippen LogP contribution < -0.4 is 5.32 Å². The molecule has 0 bridgehead atoms. The Balaban J connectivity index is 2.95. The first-order valence-electron chi connectivity index (χ1n) is 7.42. The predicted molar refractivity (Wildman–Crippen MR) is 86.3 cm³/mol. The Labute approximate surface area is 119 Å². The molecule has 0 aromatic heterocycles. The highest BCUT2D eigenvalue weighted by Crippen LogP contribution is 2.38. The summed E-state index contributed by atoms with van der Waals surface area (Å²) >= 11 is 0. The number of allylic oxidation sites excluding steroid dienone is 6. The van der Waals surface area contributed by atoms with Gasteiger partial charge in [-0.25, -0.2) is 0 Å². The van der Waals surface area contributed by atoms with Crippen molar-refractivity contribution in [1.29, 1.82) is 0 Å². The molecular weight excluding hydrogens is 230 g/mol. The van der Waals surface area contributed by atoms with Crippen molar-refractivity contribution in [2.24, 2.45) is 10.8 Å². The summed E-state index contributed by atoms with van der Waals surface area (Å²) in [4.78, 5) is 0. The minimum atomic E-state index is 0.155. The minimum absolute atomic E-state index is 0.155. The molecule has 0 aliphatic heterocycles. The van der Waals surface area contributed by atoms with Crippen LogP contribution in [-0.4, -0.2) is 12.6 Å². The van der Waals surface area contributed by atoms with Gasteiger partial charge in [0, 0.05) is 11.0 Å². The molecule has 0 heterocycles. The predicted octanol–water partition coefficient (Wildman–Crippen LogP) is 4.87.